The van der Waals surface area contributed by atoms with Crippen LogP contribution >= 0.6 is 0 Å². The zero-order valence-corrected chi connectivity index (χ0v) is 15.6. The number of nitrogens with one attached hydrogen (secondary N) is 1. The summed E-state index contributed by atoms with van der Waals surface area (Å²) in [4.78, 5) is 51.6. The minimum atomic E-state index is -0.443. The van der Waals surface area contributed by atoms with Gasteiger partial charge in [0, 0.05) is 37.5 Å². The quantitative estimate of drug-likeness (QED) is 0.640. The summed E-state index contributed by atoms with van der Waals surface area (Å²) in [5.41, 5.74) is 1.75. The van der Waals surface area contributed by atoms with E-state index in [2.05, 4.69) is 11.9 Å². The first-order valence-electron chi connectivity index (χ1n) is 8.57. The Labute approximate surface area is 162 Å². The molecular weight excluding hydrogens is 358 g/mol. The van der Waals surface area contributed by atoms with Crippen LogP contribution in [0.4, 0.5) is 5.69 Å². The number of hydrogen-bond acceptors (Lipinski definition) is 4. The van der Waals surface area contributed by atoms with Gasteiger partial charge in [0.25, 0.3) is 23.6 Å². The first kappa shape index (κ1) is 19.0. The van der Waals surface area contributed by atoms with E-state index in [0.717, 1.165) is 4.90 Å². The van der Waals surface area contributed by atoms with Gasteiger partial charge in [0.05, 0.1) is 11.1 Å². The number of anilines is 1. The molecule has 0 aromatic heterocycles. The highest BCUT2D eigenvalue weighted by Crippen LogP contribution is 2.24. The summed E-state index contributed by atoms with van der Waals surface area (Å²) in [5.74, 6) is -1.39. The maximum atomic E-state index is 12.5. The second-order valence-corrected chi connectivity index (χ2v) is 6.50. The standard InChI is InChI=1S/C21H19N3O4/c1-4-11-24-20(27)16-10-7-14(12-17(16)21(24)28)18(25)22-15-8-5-13(6-9-15)19(26)23(2)3/h4-10,12H,1,11H2,2-3H3,(H,22,25). The summed E-state index contributed by atoms with van der Waals surface area (Å²) in [5, 5.41) is 2.72. The number of hydrogen-bond donors (Lipinski definition) is 1. The van der Waals surface area contributed by atoms with Crippen molar-refractivity contribution in [3.05, 3.63) is 77.4 Å². The van der Waals surface area contributed by atoms with Gasteiger partial charge in [-0.25, -0.2) is 0 Å². The summed E-state index contributed by atoms with van der Waals surface area (Å²) in [6.07, 6.45) is 1.47. The molecule has 1 aliphatic rings. The van der Waals surface area contributed by atoms with Crippen LogP contribution in [0.3, 0.4) is 0 Å². The third-order valence-electron chi connectivity index (χ3n) is 4.34. The molecule has 28 heavy (non-hydrogen) atoms. The molecule has 0 saturated heterocycles. The first-order chi connectivity index (χ1) is 13.3. The fraction of sp³-hybridized carbons (Fsp3) is 0.143. The molecule has 3 rings (SSSR count). The van der Waals surface area contributed by atoms with Crippen LogP contribution in [-0.4, -0.2) is 54.1 Å². The largest absolute Gasteiger partial charge is 0.345 e. The van der Waals surface area contributed by atoms with Crippen LogP contribution in [0.1, 0.15) is 41.4 Å². The molecule has 2 aromatic rings. The van der Waals surface area contributed by atoms with Gasteiger partial charge < -0.3 is 10.2 Å². The van der Waals surface area contributed by atoms with E-state index in [0.29, 0.717) is 11.3 Å². The Morgan fingerprint density at radius 3 is 2.21 bits per heavy atom. The number of carbonyl (C=O) groups is 4. The minimum Gasteiger partial charge on any atom is -0.345 e. The summed E-state index contributed by atoms with van der Waals surface area (Å²) in [6, 6.07) is 10.9. The van der Waals surface area contributed by atoms with E-state index in [1.807, 2.05) is 0 Å². The SMILES string of the molecule is C=CCN1C(=O)c2ccc(C(=O)Nc3ccc(C(=O)N(C)C)cc3)cc2C1=O. The first-order valence-corrected chi connectivity index (χ1v) is 8.57. The van der Waals surface area contributed by atoms with Gasteiger partial charge in [0.1, 0.15) is 0 Å². The van der Waals surface area contributed by atoms with Gasteiger partial charge in [-0.1, -0.05) is 6.08 Å². The van der Waals surface area contributed by atoms with Crippen molar-refractivity contribution in [2.45, 2.75) is 0 Å². The molecule has 0 spiro atoms. The Bertz CT molecular complexity index is 993. The van der Waals surface area contributed by atoms with Crippen molar-refractivity contribution in [2.24, 2.45) is 0 Å². The van der Waals surface area contributed by atoms with Crippen molar-refractivity contribution in [1.82, 2.24) is 9.80 Å². The van der Waals surface area contributed by atoms with Crippen molar-refractivity contribution in [1.29, 1.82) is 0 Å². The van der Waals surface area contributed by atoms with Gasteiger partial charge in [0.2, 0.25) is 0 Å². The molecule has 4 amide bonds. The highest BCUT2D eigenvalue weighted by atomic mass is 16.2. The molecule has 0 unspecified atom stereocenters. The second kappa shape index (κ2) is 7.48. The molecule has 0 fully saturated rings. The molecular formula is C21H19N3O4. The molecule has 0 radical (unpaired) electrons. The Morgan fingerprint density at radius 2 is 1.61 bits per heavy atom. The predicted molar refractivity (Wildman–Crippen MR) is 104 cm³/mol. The molecule has 7 nitrogen and oxygen atoms in total. The fourth-order valence-electron chi connectivity index (χ4n) is 2.88. The molecule has 1 aliphatic heterocycles. The summed E-state index contributed by atoms with van der Waals surface area (Å²) < 4.78 is 0. The Hall–Kier alpha value is -3.74. The number of nitrogens with zero attached hydrogens (tertiary/aromatic N) is 2. The topological polar surface area (TPSA) is 86.8 Å². The zero-order chi connectivity index (χ0) is 20.4. The second-order valence-electron chi connectivity index (χ2n) is 6.50. The van der Waals surface area contributed by atoms with Gasteiger partial charge in [-0.3, -0.25) is 24.1 Å². The lowest BCUT2D eigenvalue weighted by Gasteiger charge is -2.11. The lowest BCUT2D eigenvalue weighted by Crippen LogP contribution is -2.29. The average Bonchev–Trinajstić information content (AvgIpc) is 2.92. The fourth-order valence-corrected chi connectivity index (χ4v) is 2.88. The molecule has 0 bridgehead atoms. The highest BCUT2D eigenvalue weighted by molar-refractivity contribution is 6.22. The molecule has 0 saturated carbocycles. The Morgan fingerprint density at radius 1 is 1.00 bits per heavy atom. The van der Waals surface area contributed by atoms with Crippen molar-refractivity contribution < 1.29 is 19.2 Å². The number of imide groups is 1. The van der Waals surface area contributed by atoms with E-state index in [-0.39, 0.29) is 29.1 Å². The smallest absolute Gasteiger partial charge is 0.261 e. The van der Waals surface area contributed by atoms with Crippen LogP contribution in [0.5, 0.6) is 0 Å². The average molecular weight is 377 g/mol. The number of fused-ring (bicyclic) bond motifs is 1. The van der Waals surface area contributed by atoms with Crippen LogP contribution in [0, 0.1) is 0 Å². The predicted octanol–water partition coefficient (Wildman–Crippen LogP) is 2.42. The third-order valence-corrected chi connectivity index (χ3v) is 4.34. The van der Waals surface area contributed by atoms with Crippen LogP contribution in [0.15, 0.2) is 55.1 Å². The van der Waals surface area contributed by atoms with E-state index >= 15 is 0 Å². The Kier molecular flexibility index (Phi) is 5.08. The maximum Gasteiger partial charge on any atom is 0.261 e. The highest BCUT2D eigenvalue weighted by Gasteiger charge is 2.35. The van der Waals surface area contributed by atoms with Crippen LogP contribution in [-0.2, 0) is 0 Å². The van der Waals surface area contributed by atoms with Gasteiger partial charge in [-0.2, -0.15) is 0 Å². The molecule has 1 N–H and O–H groups in total. The normalized spacial score (nSPS) is 12.6. The molecule has 142 valence electrons. The lowest BCUT2D eigenvalue weighted by atomic mass is 10.1. The summed E-state index contributed by atoms with van der Waals surface area (Å²) in [7, 11) is 3.32. The Balaban J connectivity index is 1.78. The number of benzene rings is 2. The van der Waals surface area contributed by atoms with Gasteiger partial charge >= 0.3 is 0 Å². The maximum absolute atomic E-state index is 12.5. The summed E-state index contributed by atoms with van der Waals surface area (Å²) in [6.45, 7) is 3.66. The van der Waals surface area contributed by atoms with Gasteiger partial charge in [-0.15, -0.1) is 6.58 Å². The van der Waals surface area contributed by atoms with E-state index in [4.69, 9.17) is 0 Å². The zero-order valence-electron chi connectivity index (χ0n) is 15.6. The van der Waals surface area contributed by atoms with Crippen LogP contribution in [0.25, 0.3) is 0 Å². The lowest BCUT2D eigenvalue weighted by molar-refractivity contribution is 0.0671. The molecule has 0 aliphatic carbocycles. The summed E-state index contributed by atoms with van der Waals surface area (Å²) >= 11 is 0. The molecule has 2 aromatic carbocycles. The molecule has 0 atom stereocenters. The van der Waals surface area contributed by atoms with Crippen molar-refractivity contribution in [3.63, 3.8) is 0 Å². The third kappa shape index (κ3) is 3.42. The van der Waals surface area contributed by atoms with Crippen molar-refractivity contribution >= 4 is 29.3 Å². The van der Waals surface area contributed by atoms with Crippen molar-refractivity contribution in [3.8, 4) is 0 Å². The van der Waals surface area contributed by atoms with Crippen molar-refractivity contribution in [2.75, 3.05) is 26.0 Å². The minimum absolute atomic E-state index is 0.117. The van der Waals surface area contributed by atoms with E-state index in [9.17, 15) is 19.2 Å². The van der Waals surface area contributed by atoms with Gasteiger partial charge in [0.15, 0.2) is 0 Å². The number of rotatable bonds is 5. The number of carbonyl (C=O) groups excluding carboxylic acids is 4. The van der Waals surface area contributed by atoms with Crippen LogP contribution < -0.4 is 5.32 Å². The molecule has 1 heterocycles. The van der Waals surface area contributed by atoms with Gasteiger partial charge in [-0.05, 0) is 42.5 Å². The van der Waals surface area contributed by atoms with E-state index < -0.39 is 17.7 Å². The van der Waals surface area contributed by atoms with E-state index in [1.165, 1.54) is 29.2 Å². The number of amides is 4. The molecule has 7 heteroatoms. The monoisotopic (exact) mass is 377 g/mol. The van der Waals surface area contributed by atoms with E-state index in [1.54, 1.807) is 38.4 Å². The van der Waals surface area contributed by atoms with Crippen LogP contribution in [0.2, 0.25) is 0 Å².